The zero-order valence-electron chi connectivity index (χ0n) is 10.8. The second-order valence-electron chi connectivity index (χ2n) is 5.28. The van der Waals surface area contributed by atoms with Crippen molar-refractivity contribution >= 4 is 0 Å². The lowest BCUT2D eigenvalue weighted by molar-refractivity contribution is 0.210. The van der Waals surface area contributed by atoms with Crippen molar-refractivity contribution in [3.8, 4) is 0 Å². The lowest BCUT2D eigenvalue weighted by Gasteiger charge is -2.45. The van der Waals surface area contributed by atoms with E-state index in [2.05, 4.69) is 25.2 Å². The molecule has 1 N–H and O–H groups in total. The molecule has 0 amide bonds. The first kappa shape index (κ1) is 12.6. The van der Waals surface area contributed by atoms with Gasteiger partial charge in [-0.25, -0.2) is 4.39 Å². The molecular weight excluding hydrogens is 213 g/mol. The summed E-state index contributed by atoms with van der Waals surface area (Å²) in [6, 6.07) is 7.15. The molecule has 0 unspecified atom stereocenters. The molecule has 2 rings (SSSR count). The summed E-state index contributed by atoms with van der Waals surface area (Å²) in [5, 5.41) is 3.35. The normalized spacial score (nSPS) is 18.1. The van der Waals surface area contributed by atoms with Crippen LogP contribution in [0.25, 0.3) is 0 Å². The third-order valence-corrected chi connectivity index (χ3v) is 4.20. The molecule has 1 nitrogen and oxygen atoms in total. The summed E-state index contributed by atoms with van der Waals surface area (Å²) < 4.78 is 13.3. The Morgan fingerprint density at radius 2 is 2.00 bits per heavy atom. The summed E-state index contributed by atoms with van der Waals surface area (Å²) in [7, 11) is 0. The van der Waals surface area contributed by atoms with E-state index in [1.165, 1.54) is 30.9 Å². The second-order valence-corrected chi connectivity index (χ2v) is 5.28. The maximum atomic E-state index is 13.3. The van der Waals surface area contributed by atoms with Gasteiger partial charge in [0, 0.05) is 18.5 Å². The predicted molar refractivity (Wildman–Crippen MR) is 69.6 cm³/mol. The van der Waals surface area contributed by atoms with Crippen LogP contribution in [-0.4, -0.2) is 13.1 Å². The Bertz CT molecular complexity index is 367. The van der Waals surface area contributed by atoms with Crippen molar-refractivity contribution in [3.05, 3.63) is 35.6 Å². The first-order valence-corrected chi connectivity index (χ1v) is 6.67. The number of hydrogen-bond acceptors (Lipinski definition) is 1. The van der Waals surface area contributed by atoms with E-state index in [0.29, 0.717) is 0 Å². The van der Waals surface area contributed by atoms with E-state index >= 15 is 0 Å². The molecule has 1 aliphatic heterocycles. The summed E-state index contributed by atoms with van der Waals surface area (Å²) in [6.45, 7) is 6.49. The van der Waals surface area contributed by atoms with Gasteiger partial charge in [-0.1, -0.05) is 38.8 Å². The SMILES string of the molecule is CCC(CC)CC1(c2cccc(F)c2)CNC1. The van der Waals surface area contributed by atoms with Crippen LogP contribution in [0.3, 0.4) is 0 Å². The molecular formula is C15H22FN. The average Bonchev–Trinajstić information content (AvgIpc) is 2.29. The van der Waals surface area contributed by atoms with Crippen LogP contribution < -0.4 is 5.32 Å². The van der Waals surface area contributed by atoms with Gasteiger partial charge in [0.2, 0.25) is 0 Å². The highest BCUT2D eigenvalue weighted by Crippen LogP contribution is 2.37. The molecule has 1 saturated heterocycles. The van der Waals surface area contributed by atoms with Crippen LogP contribution in [0, 0.1) is 11.7 Å². The highest BCUT2D eigenvalue weighted by molar-refractivity contribution is 5.30. The van der Waals surface area contributed by atoms with Gasteiger partial charge in [-0.2, -0.15) is 0 Å². The second kappa shape index (κ2) is 5.18. The van der Waals surface area contributed by atoms with Crippen LogP contribution in [-0.2, 0) is 5.41 Å². The number of benzene rings is 1. The van der Waals surface area contributed by atoms with Crippen LogP contribution >= 0.6 is 0 Å². The maximum absolute atomic E-state index is 13.3. The van der Waals surface area contributed by atoms with Gasteiger partial charge in [-0.05, 0) is 30.0 Å². The van der Waals surface area contributed by atoms with E-state index in [1.54, 1.807) is 6.07 Å². The Hall–Kier alpha value is -0.890. The molecule has 2 heteroatoms. The van der Waals surface area contributed by atoms with E-state index < -0.39 is 0 Å². The summed E-state index contributed by atoms with van der Waals surface area (Å²) >= 11 is 0. The zero-order valence-corrected chi connectivity index (χ0v) is 10.8. The van der Waals surface area contributed by atoms with Crippen LogP contribution in [0.2, 0.25) is 0 Å². The van der Waals surface area contributed by atoms with E-state index in [-0.39, 0.29) is 11.2 Å². The summed E-state index contributed by atoms with van der Waals surface area (Å²) in [4.78, 5) is 0. The summed E-state index contributed by atoms with van der Waals surface area (Å²) in [6.07, 6.45) is 3.61. The van der Waals surface area contributed by atoms with Gasteiger partial charge in [0.05, 0.1) is 0 Å². The largest absolute Gasteiger partial charge is 0.315 e. The van der Waals surface area contributed by atoms with E-state index in [1.807, 2.05) is 6.07 Å². The monoisotopic (exact) mass is 235 g/mol. The fraction of sp³-hybridized carbons (Fsp3) is 0.600. The maximum Gasteiger partial charge on any atom is 0.123 e. The van der Waals surface area contributed by atoms with Crippen LogP contribution in [0.4, 0.5) is 4.39 Å². The molecule has 0 atom stereocenters. The van der Waals surface area contributed by atoms with E-state index in [0.717, 1.165) is 19.0 Å². The van der Waals surface area contributed by atoms with Crippen molar-refractivity contribution in [2.75, 3.05) is 13.1 Å². The molecule has 0 spiro atoms. The number of hydrogen-bond donors (Lipinski definition) is 1. The smallest absolute Gasteiger partial charge is 0.123 e. The van der Waals surface area contributed by atoms with Crippen molar-refractivity contribution in [2.45, 2.75) is 38.5 Å². The quantitative estimate of drug-likeness (QED) is 0.823. The van der Waals surface area contributed by atoms with Crippen LogP contribution in [0.5, 0.6) is 0 Å². The molecule has 0 bridgehead atoms. The van der Waals surface area contributed by atoms with Crippen molar-refractivity contribution in [1.82, 2.24) is 5.32 Å². The van der Waals surface area contributed by atoms with Gasteiger partial charge < -0.3 is 5.32 Å². The van der Waals surface area contributed by atoms with Crippen LogP contribution in [0.15, 0.2) is 24.3 Å². The first-order valence-electron chi connectivity index (χ1n) is 6.67. The van der Waals surface area contributed by atoms with Crippen molar-refractivity contribution in [3.63, 3.8) is 0 Å². The molecule has 0 saturated carbocycles. The third-order valence-electron chi connectivity index (χ3n) is 4.20. The lowest BCUT2D eigenvalue weighted by Crippen LogP contribution is -2.57. The summed E-state index contributed by atoms with van der Waals surface area (Å²) in [5.41, 5.74) is 1.35. The Morgan fingerprint density at radius 1 is 1.29 bits per heavy atom. The molecule has 0 radical (unpaired) electrons. The van der Waals surface area contributed by atoms with E-state index in [9.17, 15) is 4.39 Å². The molecule has 94 valence electrons. The van der Waals surface area contributed by atoms with Gasteiger partial charge in [-0.15, -0.1) is 0 Å². The number of nitrogens with one attached hydrogen (secondary N) is 1. The molecule has 1 aliphatic rings. The molecule has 1 aromatic carbocycles. The van der Waals surface area contributed by atoms with Gasteiger partial charge in [0.1, 0.15) is 5.82 Å². The fourth-order valence-electron chi connectivity index (χ4n) is 2.84. The van der Waals surface area contributed by atoms with Gasteiger partial charge in [-0.3, -0.25) is 0 Å². The van der Waals surface area contributed by atoms with Gasteiger partial charge in [0.25, 0.3) is 0 Å². The Labute approximate surface area is 103 Å². The number of rotatable bonds is 5. The van der Waals surface area contributed by atoms with Gasteiger partial charge in [0.15, 0.2) is 0 Å². The molecule has 1 aromatic rings. The summed E-state index contributed by atoms with van der Waals surface area (Å²) in [5.74, 6) is 0.638. The highest BCUT2D eigenvalue weighted by Gasteiger charge is 2.39. The minimum atomic E-state index is -0.113. The Kier molecular flexibility index (Phi) is 3.82. The Morgan fingerprint density at radius 3 is 2.47 bits per heavy atom. The Balaban J connectivity index is 2.19. The van der Waals surface area contributed by atoms with Crippen LogP contribution in [0.1, 0.15) is 38.7 Å². The molecule has 17 heavy (non-hydrogen) atoms. The fourth-order valence-corrected chi connectivity index (χ4v) is 2.84. The topological polar surface area (TPSA) is 12.0 Å². The minimum absolute atomic E-state index is 0.113. The minimum Gasteiger partial charge on any atom is -0.315 e. The number of halogens is 1. The molecule has 0 aliphatic carbocycles. The predicted octanol–water partition coefficient (Wildman–Crippen LogP) is 3.49. The van der Waals surface area contributed by atoms with Gasteiger partial charge >= 0.3 is 0 Å². The average molecular weight is 235 g/mol. The highest BCUT2D eigenvalue weighted by atomic mass is 19.1. The standard InChI is InChI=1S/C15H22FN/c1-3-12(4-2)9-15(10-17-11-15)13-6-5-7-14(16)8-13/h5-8,12,17H,3-4,9-11H2,1-2H3. The molecule has 1 fully saturated rings. The van der Waals surface area contributed by atoms with Crippen molar-refractivity contribution < 1.29 is 4.39 Å². The molecule has 0 aromatic heterocycles. The van der Waals surface area contributed by atoms with E-state index in [4.69, 9.17) is 0 Å². The first-order chi connectivity index (χ1) is 8.20. The lowest BCUT2D eigenvalue weighted by atomic mass is 9.68. The van der Waals surface area contributed by atoms with Crippen molar-refractivity contribution in [2.24, 2.45) is 5.92 Å². The molecule has 1 heterocycles. The zero-order chi connectivity index (χ0) is 12.3. The van der Waals surface area contributed by atoms with Crippen molar-refractivity contribution in [1.29, 1.82) is 0 Å². The third kappa shape index (κ3) is 2.52.